The summed E-state index contributed by atoms with van der Waals surface area (Å²) in [5, 5.41) is 3.21. The maximum absolute atomic E-state index is 13.1. The molecule has 6 nitrogen and oxygen atoms in total. The highest BCUT2D eigenvalue weighted by Crippen LogP contribution is 2.38. The molecule has 3 aromatic rings. The van der Waals surface area contributed by atoms with Crippen molar-refractivity contribution in [2.45, 2.75) is 26.7 Å². The summed E-state index contributed by atoms with van der Waals surface area (Å²) < 4.78 is 5.42. The van der Waals surface area contributed by atoms with Gasteiger partial charge in [0, 0.05) is 31.1 Å². The Morgan fingerprint density at radius 3 is 2.80 bits per heavy atom. The second-order valence-corrected chi connectivity index (χ2v) is 10.2. The van der Waals surface area contributed by atoms with Crippen LogP contribution in [0, 0.1) is 19.8 Å². The lowest BCUT2D eigenvalue weighted by molar-refractivity contribution is -0.139. The van der Waals surface area contributed by atoms with Gasteiger partial charge < -0.3 is 14.5 Å². The minimum Gasteiger partial charge on any atom is -0.378 e. The fraction of sp³-hybridized carbons (Fsp3) is 0.500. The standard InChI is InChI=1S/C22H26N4O2S2/c1-14-15(2)30-21-18(14)20(23-19(24-21)17-6-4-12-29-17)26-7-3-5-16(13-26)22(27)25-8-10-28-11-9-25/h4,6,12,16H,3,5,7-11,13H2,1-2H3. The van der Waals surface area contributed by atoms with Crippen molar-refractivity contribution in [1.82, 2.24) is 14.9 Å². The molecule has 0 bridgehead atoms. The van der Waals surface area contributed by atoms with Crippen LogP contribution in [-0.4, -0.2) is 60.2 Å². The van der Waals surface area contributed by atoms with E-state index in [9.17, 15) is 4.79 Å². The number of rotatable bonds is 3. The number of hydrogen-bond acceptors (Lipinski definition) is 7. The molecule has 0 aromatic carbocycles. The van der Waals surface area contributed by atoms with Crippen molar-refractivity contribution in [3.63, 3.8) is 0 Å². The SMILES string of the molecule is Cc1sc2nc(-c3cccs3)nc(N3CCCC(C(=O)N4CCOCC4)C3)c2c1C. The van der Waals surface area contributed by atoms with E-state index in [4.69, 9.17) is 14.7 Å². The van der Waals surface area contributed by atoms with E-state index in [1.807, 2.05) is 11.0 Å². The van der Waals surface area contributed by atoms with E-state index < -0.39 is 0 Å². The Balaban J connectivity index is 1.50. The zero-order chi connectivity index (χ0) is 20.7. The molecule has 0 saturated carbocycles. The van der Waals surface area contributed by atoms with Crippen LogP contribution in [0.2, 0.25) is 0 Å². The van der Waals surface area contributed by atoms with Crippen molar-refractivity contribution in [3.05, 3.63) is 28.0 Å². The Labute approximate surface area is 184 Å². The highest BCUT2D eigenvalue weighted by atomic mass is 32.1. The highest BCUT2D eigenvalue weighted by molar-refractivity contribution is 7.19. The number of ether oxygens (including phenoxy) is 1. The first kappa shape index (κ1) is 19.9. The first-order valence-corrected chi connectivity index (χ1v) is 12.2. The van der Waals surface area contributed by atoms with Gasteiger partial charge in [-0.2, -0.15) is 0 Å². The van der Waals surface area contributed by atoms with E-state index in [0.29, 0.717) is 26.3 Å². The number of hydrogen-bond donors (Lipinski definition) is 0. The van der Waals surface area contributed by atoms with Crippen molar-refractivity contribution in [2.24, 2.45) is 5.92 Å². The first-order chi connectivity index (χ1) is 14.6. The van der Waals surface area contributed by atoms with Gasteiger partial charge in [-0.1, -0.05) is 6.07 Å². The van der Waals surface area contributed by atoms with Crippen LogP contribution >= 0.6 is 22.7 Å². The Morgan fingerprint density at radius 2 is 2.03 bits per heavy atom. The third kappa shape index (κ3) is 3.61. The van der Waals surface area contributed by atoms with Crippen molar-refractivity contribution in [2.75, 3.05) is 44.3 Å². The van der Waals surface area contributed by atoms with Crippen LogP contribution in [0.5, 0.6) is 0 Å². The number of fused-ring (bicyclic) bond motifs is 1. The minimum atomic E-state index is 0.0205. The van der Waals surface area contributed by atoms with Crippen LogP contribution in [0.25, 0.3) is 20.9 Å². The number of amides is 1. The first-order valence-electron chi connectivity index (χ1n) is 10.5. The van der Waals surface area contributed by atoms with E-state index in [0.717, 1.165) is 52.7 Å². The highest BCUT2D eigenvalue weighted by Gasteiger charge is 2.32. The molecule has 2 fully saturated rings. The third-order valence-corrected chi connectivity index (χ3v) is 8.11. The number of piperidine rings is 1. The maximum atomic E-state index is 13.1. The number of carbonyl (C=O) groups excluding carboxylic acids is 1. The maximum Gasteiger partial charge on any atom is 0.227 e. The summed E-state index contributed by atoms with van der Waals surface area (Å²) in [6.45, 7) is 8.66. The molecule has 2 aliphatic rings. The summed E-state index contributed by atoms with van der Waals surface area (Å²) in [4.78, 5) is 30.8. The molecular weight excluding hydrogens is 416 g/mol. The molecule has 0 N–H and O–H groups in total. The summed E-state index contributed by atoms with van der Waals surface area (Å²) in [7, 11) is 0. The predicted octanol–water partition coefficient (Wildman–Crippen LogP) is 4.11. The fourth-order valence-electron chi connectivity index (χ4n) is 4.39. The van der Waals surface area contributed by atoms with E-state index in [1.165, 1.54) is 10.4 Å². The molecule has 2 saturated heterocycles. The van der Waals surface area contributed by atoms with Crippen LogP contribution in [0.1, 0.15) is 23.3 Å². The molecule has 0 radical (unpaired) electrons. The van der Waals surface area contributed by atoms with Crippen LogP contribution < -0.4 is 4.90 Å². The average Bonchev–Trinajstić information content (AvgIpc) is 3.42. The van der Waals surface area contributed by atoms with E-state index >= 15 is 0 Å². The summed E-state index contributed by atoms with van der Waals surface area (Å²) >= 11 is 3.40. The third-order valence-electron chi connectivity index (χ3n) is 6.14. The van der Waals surface area contributed by atoms with Gasteiger partial charge in [0.2, 0.25) is 5.91 Å². The molecule has 5 rings (SSSR count). The Bertz CT molecular complexity index is 1060. The van der Waals surface area contributed by atoms with Crippen molar-refractivity contribution < 1.29 is 9.53 Å². The smallest absolute Gasteiger partial charge is 0.227 e. The molecular formula is C22H26N4O2S2. The second-order valence-electron chi connectivity index (χ2n) is 8.03. The van der Waals surface area contributed by atoms with Gasteiger partial charge in [-0.05, 0) is 43.7 Å². The number of anilines is 1. The number of morpholine rings is 1. The lowest BCUT2D eigenvalue weighted by Crippen LogP contribution is -2.48. The van der Waals surface area contributed by atoms with Gasteiger partial charge >= 0.3 is 0 Å². The quantitative estimate of drug-likeness (QED) is 0.611. The van der Waals surface area contributed by atoms with Gasteiger partial charge in [-0.25, -0.2) is 9.97 Å². The van der Waals surface area contributed by atoms with Crippen LogP contribution in [-0.2, 0) is 9.53 Å². The monoisotopic (exact) mass is 442 g/mol. The van der Waals surface area contributed by atoms with E-state index in [2.05, 4.69) is 30.2 Å². The van der Waals surface area contributed by atoms with Crippen LogP contribution in [0.3, 0.4) is 0 Å². The number of thiophene rings is 2. The Morgan fingerprint density at radius 1 is 1.20 bits per heavy atom. The second kappa shape index (κ2) is 8.24. The van der Waals surface area contributed by atoms with Gasteiger partial charge in [-0.3, -0.25) is 4.79 Å². The molecule has 3 aromatic heterocycles. The zero-order valence-corrected chi connectivity index (χ0v) is 19.0. The van der Waals surface area contributed by atoms with Gasteiger partial charge in [-0.15, -0.1) is 22.7 Å². The minimum absolute atomic E-state index is 0.0205. The Hall–Kier alpha value is -2.03. The molecule has 1 unspecified atom stereocenters. The van der Waals surface area contributed by atoms with E-state index in [-0.39, 0.29) is 11.8 Å². The summed E-state index contributed by atoms with van der Waals surface area (Å²) in [6, 6.07) is 4.11. The van der Waals surface area contributed by atoms with Crippen molar-refractivity contribution in [3.8, 4) is 10.7 Å². The molecule has 0 spiro atoms. The topological polar surface area (TPSA) is 58.6 Å². The average molecular weight is 443 g/mol. The largest absolute Gasteiger partial charge is 0.378 e. The summed E-state index contributed by atoms with van der Waals surface area (Å²) in [5.41, 5.74) is 1.25. The van der Waals surface area contributed by atoms with Gasteiger partial charge in [0.25, 0.3) is 0 Å². The molecule has 8 heteroatoms. The molecule has 0 aliphatic carbocycles. The zero-order valence-electron chi connectivity index (χ0n) is 17.4. The molecule has 158 valence electrons. The van der Waals surface area contributed by atoms with Crippen LogP contribution in [0.15, 0.2) is 17.5 Å². The molecule has 5 heterocycles. The predicted molar refractivity (Wildman–Crippen MR) is 123 cm³/mol. The molecule has 1 atom stereocenters. The van der Waals surface area contributed by atoms with Crippen LogP contribution in [0.4, 0.5) is 5.82 Å². The fourth-order valence-corrected chi connectivity index (χ4v) is 6.07. The van der Waals surface area contributed by atoms with Crippen molar-refractivity contribution in [1.29, 1.82) is 0 Å². The number of aryl methyl sites for hydroxylation is 2. The van der Waals surface area contributed by atoms with E-state index in [1.54, 1.807) is 22.7 Å². The number of carbonyl (C=O) groups is 1. The number of aromatic nitrogens is 2. The molecule has 1 amide bonds. The summed E-state index contributed by atoms with van der Waals surface area (Å²) in [6.07, 6.45) is 1.95. The van der Waals surface area contributed by atoms with Gasteiger partial charge in [0.05, 0.1) is 29.4 Å². The lowest BCUT2D eigenvalue weighted by atomic mass is 9.96. The number of nitrogens with zero attached hydrogens (tertiary/aromatic N) is 4. The van der Waals surface area contributed by atoms with Gasteiger partial charge in [0.15, 0.2) is 5.82 Å². The Kier molecular flexibility index (Phi) is 5.47. The lowest BCUT2D eigenvalue weighted by Gasteiger charge is -2.37. The normalized spacial score (nSPS) is 20.1. The molecule has 30 heavy (non-hydrogen) atoms. The summed E-state index contributed by atoms with van der Waals surface area (Å²) in [5.74, 6) is 2.07. The molecule has 2 aliphatic heterocycles. The van der Waals surface area contributed by atoms with Gasteiger partial charge in [0.1, 0.15) is 10.6 Å². The van der Waals surface area contributed by atoms with Crippen molar-refractivity contribution >= 4 is 44.6 Å².